The monoisotopic (exact) mass is 422 g/mol. The van der Waals surface area contributed by atoms with Crippen molar-refractivity contribution in [3.05, 3.63) is 80.0 Å². The molecule has 0 unspecified atom stereocenters. The minimum absolute atomic E-state index is 0.114. The molecule has 4 aromatic heterocycles. The van der Waals surface area contributed by atoms with Crippen molar-refractivity contribution in [3.8, 4) is 21.0 Å². The minimum atomic E-state index is -0.623. The molecule has 0 saturated heterocycles. The van der Waals surface area contributed by atoms with Crippen LogP contribution in [0.25, 0.3) is 26.5 Å². The number of fused-ring (bicyclic) bond motifs is 1. The molecule has 0 radical (unpaired) electrons. The van der Waals surface area contributed by atoms with Crippen molar-refractivity contribution in [1.29, 1.82) is 0 Å². The van der Waals surface area contributed by atoms with Crippen molar-refractivity contribution in [2.24, 2.45) is 5.73 Å². The number of hydrogen-bond acceptors (Lipinski definition) is 5. The predicted molar refractivity (Wildman–Crippen MR) is 115 cm³/mol. The molecule has 1 aliphatic rings. The lowest BCUT2D eigenvalue weighted by molar-refractivity contribution is 0.619. The number of H-pyrrole nitrogens is 1. The van der Waals surface area contributed by atoms with Gasteiger partial charge >= 0.3 is 5.69 Å². The number of halogens is 1. The largest absolute Gasteiger partial charge is 0.333 e. The van der Waals surface area contributed by atoms with E-state index in [0.29, 0.717) is 28.8 Å². The van der Waals surface area contributed by atoms with Gasteiger partial charge in [-0.25, -0.2) is 9.18 Å². The molecule has 0 aromatic carbocycles. The molecule has 0 bridgehead atoms. The maximum absolute atomic E-state index is 15.1. The summed E-state index contributed by atoms with van der Waals surface area (Å²) in [5.41, 5.74) is 8.34. The summed E-state index contributed by atoms with van der Waals surface area (Å²) < 4.78 is 16.4. The van der Waals surface area contributed by atoms with Gasteiger partial charge in [0.25, 0.3) is 5.56 Å². The van der Waals surface area contributed by atoms with Gasteiger partial charge in [-0.1, -0.05) is 6.07 Å². The second kappa shape index (κ2) is 7.00. The summed E-state index contributed by atoms with van der Waals surface area (Å²) in [4.78, 5) is 33.3. The van der Waals surface area contributed by atoms with Gasteiger partial charge in [-0.3, -0.25) is 19.2 Å². The Hall–Kier alpha value is -3.10. The molecule has 6 nitrogen and oxygen atoms in total. The van der Waals surface area contributed by atoms with E-state index < -0.39 is 11.5 Å². The Morgan fingerprint density at radius 2 is 2.00 bits per heavy atom. The summed E-state index contributed by atoms with van der Waals surface area (Å²) >= 11 is 1.42. The molecule has 3 N–H and O–H groups in total. The first-order valence-corrected chi connectivity index (χ1v) is 10.5. The summed E-state index contributed by atoms with van der Waals surface area (Å²) in [5, 5.41) is 0. The Bertz CT molecular complexity index is 1420. The summed E-state index contributed by atoms with van der Waals surface area (Å²) in [7, 11) is 0. The van der Waals surface area contributed by atoms with Gasteiger partial charge < -0.3 is 5.73 Å². The topological polar surface area (TPSA) is 93.2 Å². The second-order valence-electron chi connectivity index (χ2n) is 7.53. The molecule has 0 amide bonds. The molecule has 152 valence electrons. The number of hydrogen-bond donors (Lipinski definition) is 2. The average molecular weight is 422 g/mol. The predicted octanol–water partition coefficient (Wildman–Crippen LogP) is 3.56. The average Bonchev–Trinajstić information content (AvgIpc) is 3.45. The molecule has 30 heavy (non-hydrogen) atoms. The lowest BCUT2D eigenvalue weighted by Gasteiger charge is -2.13. The zero-order chi connectivity index (χ0) is 21.0. The summed E-state index contributed by atoms with van der Waals surface area (Å²) in [6, 6.07) is 9.40. The third-order valence-corrected chi connectivity index (χ3v) is 6.62. The molecule has 8 heteroatoms. The maximum atomic E-state index is 15.1. The highest BCUT2D eigenvalue weighted by atomic mass is 32.1. The number of pyridine rings is 2. The number of aryl methyl sites for hydroxylation is 1. The normalized spacial score (nSPS) is 13.8. The van der Waals surface area contributed by atoms with Gasteiger partial charge in [0.05, 0.1) is 28.0 Å². The highest BCUT2D eigenvalue weighted by Crippen LogP contribution is 2.43. The lowest BCUT2D eigenvalue weighted by Crippen LogP contribution is -2.29. The zero-order valence-corrected chi connectivity index (χ0v) is 17.1. The zero-order valence-electron chi connectivity index (χ0n) is 16.2. The Balaban J connectivity index is 1.72. The first-order chi connectivity index (χ1) is 14.5. The quantitative estimate of drug-likeness (QED) is 0.526. The van der Waals surface area contributed by atoms with E-state index in [9.17, 15) is 9.59 Å². The van der Waals surface area contributed by atoms with Crippen LogP contribution in [0.5, 0.6) is 0 Å². The molecule has 0 spiro atoms. The van der Waals surface area contributed by atoms with Gasteiger partial charge in [-0.15, -0.1) is 11.3 Å². The van der Waals surface area contributed by atoms with E-state index in [1.807, 2.05) is 30.3 Å². The van der Waals surface area contributed by atoms with E-state index in [4.69, 9.17) is 5.73 Å². The summed E-state index contributed by atoms with van der Waals surface area (Å²) in [6.07, 6.45) is 2.97. The fraction of sp³-hybridized carbons (Fsp3) is 0.227. The molecule has 0 aliphatic heterocycles. The number of thiophene rings is 1. The van der Waals surface area contributed by atoms with Crippen LogP contribution in [-0.4, -0.2) is 14.4 Å². The molecule has 1 aliphatic carbocycles. The molecule has 1 fully saturated rings. The van der Waals surface area contributed by atoms with E-state index >= 15 is 4.39 Å². The summed E-state index contributed by atoms with van der Waals surface area (Å²) in [6.45, 7) is 2.11. The van der Waals surface area contributed by atoms with Gasteiger partial charge in [0, 0.05) is 22.5 Å². The van der Waals surface area contributed by atoms with Crippen LogP contribution in [0, 0.1) is 12.7 Å². The van der Waals surface area contributed by atoms with Crippen LogP contribution in [0.2, 0.25) is 0 Å². The fourth-order valence-electron chi connectivity index (χ4n) is 3.94. The van der Waals surface area contributed by atoms with Gasteiger partial charge in [-0.05, 0) is 55.5 Å². The van der Waals surface area contributed by atoms with Gasteiger partial charge in [0.2, 0.25) is 0 Å². The van der Waals surface area contributed by atoms with Gasteiger partial charge in [-0.2, -0.15) is 0 Å². The fourth-order valence-corrected chi connectivity index (χ4v) is 5.02. The molecular formula is C22H19FN4O2S. The van der Waals surface area contributed by atoms with Crippen LogP contribution in [0.15, 0.2) is 46.1 Å². The third-order valence-electron chi connectivity index (χ3n) is 5.50. The molecule has 5 rings (SSSR count). The maximum Gasteiger partial charge on any atom is 0.333 e. The smallest absolute Gasteiger partial charge is 0.325 e. The SMILES string of the molecule is Cc1c(-c2ccc(-c3cccc(CN)n3)s2)c(F)cn2c(=O)[nH]c(=O)c(C3CC3)c12. The van der Waals surface area contributed by atoms with Gasteiger partial charge in [0.15, 0.2) is 0 Å². The van der Waals surface area contributed by atoms with E-state index in [0.717, 1.165) is 34.0 Å². The Morgan fingerprint density at radius 1 is 1.23 bits per heavy atom. The number of aromatic nitrogens is 3. The number of aromatic amines is 1. The Kier molecular flexibility index (Phi) is 4.41. The Labute approximate surface area is 174 Å². The van der Waals surface area contributed by atoms with Gasteiger partial charge in [0.1, 0.15) is 5.82 Å². The van der Waals surface area contributed by atoms with Crippen molar-refractivity contribution < 1.29 is 4.39 Å². The summed E-state index contributed by atoms with van der Waals surface area (Å²) in [5.74, 6) is -0.392. The Morgan fingerprint density at radius 3 is 2.73 bits per heavy atom. The molecule has 1 saturated carbocycles. The first-order valence-electron chi connectivity index (χ1n) is 9.72. The number of rotatable bonds is 4. The van der Waals surface area contributed by atoms with Crippen LogP contribution in [0.1, 0.15) is 35.6 Å². The van der Waals surface area contributed by atoms with E-state index in [1.165, 1.54) is 21.9 Å². The van der Waals surface area contributed by atoms with Crippen LogP contribution in [-0.2, 0) is 6.54 Å². The highest BCUT2D eigenvalue weighted by molar-refractivity contribution is 7.18. The van der Waals surface area contributed by atoms with E-state index in [-0.39, 0.29) is 11.5 Å². The molecular weight excluding hydrogens is 403 g/mol. The number of nitrogens with zero attached hydrogens (tertiary/aromatic N) is 2. The molecule has 0 atom stereocenters. The first kappa shape index (κ1) is 18.9. The van der Waals surface area contributed by atoms with Crippen molar-refractivity contribution >= 4 is 16.9 Å². The van der Waals surface area contributed by atoms with E-state index in [2.05, 4.69) is 9.97 Å². The van der Waals surface area contributed by atoms with Crippen LogP contribution >= 0.6 is 11.3 Å². The van der Waals surface area contributed by atoms with Crippen molar-refractivity contribution in [1.82, 2.24) is 14.4 Å². The minimum Gasteiger partial charge on any atom is -0.325 e. The third kappa shape index (κ3) is 3.00. The molecule has 4 aromatic rings. The second-order valence-corrected chi connectivity index (χ2v) is 8.61. The van der Waals surface area contributed by atoms with Crippen molar-refractivity contribution in [3.63, 3.8) is 0 Å². The molecule has 4 heterocycles. The van der Waals surface area contributed by atoms with Crippen molar-refractivity contribution in [2.75, 3.05) is 0 Å². The number of nitrogens with one attached hydrogen (secondary N) is 1. The number of nitrogens with two attached hydrogens (primary N) is 1. The van der Waals surface area contributed by atoms with Crippen LogP contribution in [0.4, 0.5) is 4.39 Å². The van der Waals surface area contributed by atoms with Crippen LogP contribution in [0.3, 0.4) is 0 Å². The van der Waals surface area contributed by atoms with Crippen molar-refractivity contribution in [2.45, 2.75) is 32.2 Å². The van der Waals surface area contributed by atoms with Crippen LogP contribution < -0.4 is 17.0 Å². The van der Waals surface area contributed by atoms with E-state index in [1.54, 1.807) is 6.92 Å². The standard InChI is InChI=1S/C22H19FN4O2S/c1-11-18(17-8-7-16(30-17)15-4-2-3-13(9-24)25-15)14(23)10-27-20(11)19(12-5-6-12)21(28)26-22(27)29/h2-4,7-8,10,12H,5-6,9,24H2,1H3,(H,26,28,29). The highest BCUT2D eigenvalue weighted by Gasteiger charge is 2.31. The lowest BCUT2D eigenvalue weighted by atomic mass is 10.0.